The second-order valence-corrected chi connectivity index (χ2v) is 4.23. The Kier molecular flexibility index (Phi) is 4.33. The first kappa shape index (κ1) is 12.6. The average molecular weight is 250 g/mol. The molecule has 0 radical (unpaired) electrons. The summed E-state index contributed by atoms with van der Waals surface area (Å²) in [6, 6.07) is 0.254. The first-order valence-electron chi connectivity index (χ1n) is 6.31. The van der Waals surface area contributed by atoms with Gasteiger partial charge in [-0.05, 0) is 32.6 Å². The van der Waals surface area contributed by atoms with E-state index in [9.17, 15) is 4.79 Å². The summed E-state index contributed by atoms with van der Waals surface area (Å²) in [6.45, 7) is 2.35. The molecule has 1 aromatic rings. The zero-order valence-electron chi connectivity index (χ0n) is 10.5. The van der Waals surface area contributed by atoms with E-state index >= 15 is 0 Å². The van der Waals surface area contributed by atoms with Gasteiger partial charge in [-0.2, -0.15) is 4.98 Å². The predicted molar refractivity (Wildman–Crippen MR) is 67.3 cm³/mol. The van der Waals surface area contributed by atoms with Gasteiger partial charge in [-0.3, -0.25) is 10.1 Å². The zero-order valence-corrected chi connectivity index (χ0v) is 10.5. The summed E-state index contributed by atoms with van der Waals surface area (Å²) in [7, 11) is 0. The minimum atomic E-state index is -0.0673. The maximum atomic E-state index is 11.8. The Bertz CT molecular complexity index is 439. The number of nitrogens with one attached hydrogen (secondary N) is 2. The average Bonchev–Trinajstić information content (AvgIpc) is 2.78. The largest absolute Gasteiger partial charge is 0.463 e. The molecular formula is C12H18N4O2. The lowest BCUT2D eigenvalue weighted by atomic mass is 9.97. The first-order chi connectivity index (χ1) is 8.78. The maximum absolute atomic E-state index is 11.8. The Labute approximate surface area is 106 Å². The summed E-state index contributed by atoms with van der Waals surface area (Å²) >= 11 is 0. The molecule has 0 fully saturated rings. The molecule has 0 aliphatic heterocycles. The van der Waals surface area contributed by atoms with E-state index in [1.54, 1.807) is 0 Å². The number of rotatable bonds is 5. The van der Waals surface area contributed by atoms with Crippen molar-refractivity contribution in [1.82, 2.24) is 15.2 Å². The number of carbonyl (C=O) groups is 1. The van der Waals surface area contributed by atoms with Crippen molar-refractivity contribution in [3.05, 3.63) is 11.6 Å². The highest BCUT2D eigenvalue weighted by Gasteiger charge is 2.11. The molecule has 0 saturated carbocycles. The number of hydrogen-bond acceptors (Lipinski definition) is 4. The van der Waals surface area contributed by atoms with Gasteiger partial charge < -0.3 is 4.74 Å². The second-order valence-electron chi connectivity index (χ2n) is 4.23. The van der Waals surface area contributed by atoms with Crippen molar-refractivity contribution in [3.8, 4) is 6.01 Å². The van der Waals surface area contributed by atoms with Gasteiger partial charge in [-0.1, -0.05) is 11.6 Å². The number of amides is 1. The molecular weight excluding hydrogens is 232 g/mol. The predicted octanol–water partition coefficient (Wildman–Crippen LogP) is 2.03. The highest BCUT2D eigenvalue weighted by Crippen LogP contribution is 2.20. The number of ether oxygens (including phenoxy) is 1. The van der Waals surface area contributed by atoms with Crippen LogP contribution in [0.1, 0.15) is 39.0 Å². The summed E-state index contributed by atoms with van der Waals surface area (Å²) in [6.07, 6.45) is 7.11. The minimum Gasteiger partial charge on any atom is -0.463 e. The van der Waals surface area contributed by atoms with E-state index in [0.717, 1.165) is 12.8 Å². The molecule has 98 valence electrons. The quantitative estimate of drug-likeness (QED) is 0.784. The van der Waals surface area contributed by atoms with Crippen LogP contribution in [0, 0.1) is 0 Å². The molecule has 0 aromatic carbocycles. The lowest BCUT2D eigenvalue weighted by molar-refractivity contribution is -0.115. The van der Waals surface area contributed by atoms with Crippen molar-refractivity contribution in [2.24, 2.45) is 0 Å². The zero-order chi connectivity index (χ0) is 12.8. The van der Waals surface area contributed by atoms with Crippen molar-refractivity contribution in [2.75, 3.05) is 11.9 Å². The fourth-order valence-corrected chi connectivity index (χ4v) is 1.94. The van der Waals surface area contributed by atoms with Gasteiger partial charge in [0.05, 0.1) is 6.61 Å². The molecule has 0 spiro atoms. The summed E-state index contributed by atoms with van der Waals surface area (Å²) in [4.78, 5) is 15.8. The van der Waals surface area contributed by atoms with Crippen LogP contribution in [-0.2, 0) is 4.79 Å². The third-order valence-electron chi connectivity index (χ3n) is 2.77. The number of carbonyl (C=O) groups excluding carboxylic acids is 1. The molecule has 6 nitrogen and oxygen atoms in total. The Morgan fingerprint density at radius 2 is 2.44 bits per heavy atom. The Morgan fingerprint density at radius 3 is 3.17 bits per heavy atom. The van der Waals surface area contributed by atoms with Gasteiger partial charge in [-0.15, -0.1) is 5.10 Å². The molecule has 18 heavy (non-hydrogen) atoms. The standard InChI is InChI=1S/C12H18N4O2/c1-2-18-12-14-11(15-16-12)13-10(17)8-9-6-4-3-5-7-9/h6H,2-5,7-8H2,1H3,(H2,13,14,15,16,17). The third-order valence-corrected chi connectivity index (χ3v) is 2.77. The van der Waals surface area contributed by atoms with E-state index in [1.807, 2.05) is 6.92 Å². The lowest BCUT2D eigenvalue weighted by Gasteiger charge is -2.11. The second kappa shape index (κ2) is 6.18. The van der Waals surface area contributed by atoms with Crippen molar-refractivity contribution in [1.29, 1.82) is 0 Å². The number of allylic oxidation sites excluding steroid dienone is 1. The van der Waals surface area contributed by atoms with E-state index in [2.05, 4.69) is 26.6 Å². The van der Waals surface area contributed by atoms with Crippen molar-refractivity contribution in [2.45, 2.75) is 39.0 Å². The smallest absolute Gasteiger partial charge is 0.337 e. The van der Waals surface area contributed by atoms with E-state index in [-0.39, 0.29) is 11.9 Å². The number of aromatic nitrogens is 3. The highest BCUT2D eigenvalue weighted by molar-refractivity contribution is 5.90. The molecule has 1 aromatic heterocycles. The van der Waals surface area contributed by atoms with Crippen LogP contribution in [0.4, 0.5) is 5.95 Å². The molecule has 6 heteroatoms. The Hall–Kier alpha value is -1.85. The van der Waals surface area contributed by atoms with E-state index < -0.39 is 0 Å². The van der Waals surface area contributed by atoms with Crippen LogP contribution in [0.5, 0.6) is 6.01 Å². The molecule has 2 N–H and O–H groups in total. The van der Waals surface area contributed by atoms with Gasteiger partial charge in [0.2, 0.25) is 11.9 Å². The number of hydrogen-bond donors (Lipinski definition) is 2. The molecule has 0 unspecified atom stereocenters. The molecule has 2 rings (SSSR count). The van der Waals surface area contributed by atoms with Crippen molar-refractivity contribution in [3.63, 3.8) is 0 Å². The van der Waals surface area contributed by atoms with Gasteiger partial charge in [0.1, 0.15) is 0 Å². The molecule has 1 aliphatic rings. The normalized spacial score (nSPS) is 15.1. The van der Waals surface area contributed by atoms with Crippen LogP contribution in [0.15, 0.2) is 11.6 Å². The van der Waals surface area contributed by atoms with Crippen molar-refractivity contribution < 1.29 is 9.53 Å². The molecule has 1 heterocycles. The van der Waals surface area contributed by atoms with E-state index in [1.165, 1.54) is 18.4 Å². The molecule has 0 atom stereocenters. The van der Waals surface area contributed by atoms with Crippen LogP contribution in [-0.4, -0.2) is 27.7 Å². The molecule has 1 amide bonds. The van der Waals surface area contributed by atoms with Crippen LogP contribution >= 0.6 is 0 Å². The first-order valence-corrected chi connectivity index (χ1v) is 6.31. The van der Waals surface area contributed by atoms with E-state index in [0.29, 0.717) is 19.0 Å². The topological polar surface area (TPSA) is 79.9 Å². The lowest BCUT2D eigenvalue weighted by Crippen LogP contribution is -2.14. The van der Waals surface area contributed by atoms with Crippen molar-refractivity contribution >= 4 is 11.9 Å². The van der Waals surface area contributed by atoms with Crippen LogP contribution in [0.2, 0.25) is 0 Å². The number of nitrogens with zero attached hydrogens (tertiary/aromatic N) is 2. The molecule has 0 bridgehead atoms. The van der Waals surface area contributed by atoms with Crippen LogP contribution < -0.4 is 10.1 Å². The number of anilines is 1. The van der Waals surface area contributed by atoms with Gasteiger partial charge in [-0.25, -0.2) is 5.10 Å². The summed E-state index contributed by atoms with van der Waals surface area (Å²) in [5.74, 6) is 0.266. The highest BCUT2D eigenvalue weighted by atomic mass is 16.5. The maximum Gasteiger partial charge on any atom is 0.337 e. The van der Waals surface area contributed by atoms with Gasteiger partial charge >= 0.3 is 6.01 Å². The summed E-state index contributed by atoms with van der Waals surface area (Å²) < 4.78 is 5.10. The Morgan fingerprint density at radius 1 is 1.56 bits per heavy atom. The Balaban J connectivity index is 1.84. The number of H-pyrrole nitrogens is 1. The van der Waals surface area contributed by atoms with Gasteiger partial charge in [0.15, 0.2) is 0 Å². The fraction of sp³-hybridized carbons (Fsp3) is 0.583. The monoisotopic (exact) mass is 250 g/mol. The summed E-state index contributed by atoms with van der Waals surface area (Å²) in [5, 5.41) is 9.12. The van der Waals surface area contributed by atoms with Crippen LogP contribution in [0.3, 0.4) is 0 Å². The number of aromatic amines is 1. The molecule has 1 aliphatic carbocycles. The minimum absolute atomic E-state index is 0.0673. The molecule has 0 saturated heterocycles. The SMILES string of the molecule is CCOc1n[nH]c(NC(=O)CC2=CCCCC2)n1. The summed E-state index contributed by atoms with van der Waals surface area (Å²) in [5.41, 5.74) is 1.21. The van der Waals surface area contributed by atoms with Gasteiger partial charge in [0, 0.05) is 6.42 Å². The fourth-order valence-electron chi connectivity index (χ4n) is 1.94. The third kappa shape index (κ3) is 3.58. The van der Waals surface area contributed by atoms with Gasteiger partial charge in [0.25, 0.3) is 0 Å². The van der Waals surface area contributed by atoms with E-state index in [4.69, 9.17) is 4.74 Å². The van der Waals surface area contributed by atoms with Crippen LogP contribution in [0.25, 0.3) is 0 Å².